The summed E-state index contributed by atoms with van der Waals surface area (Å²) in [6.45, 7) is -0.668. The molecular formula is C20H18O8S2. The summed E-state index contributed by atoms with van der Waals surface area (Å²) in [5.41, 5.74) is 0. The van der Waals surface area contributed by atoms with Gasteiger partial charge in [-0.25, -0.2) is 26.4 Å². The summed E-state index contributed by atoms with van der Waals surface area (Å²) in [5.74, 6) is -1.87. The summed E-state index contributed by atoms with van der Waals surface area (Å²) >= 11 is 0. The van der Waals surface area contributed by atoms with Crippen LogP contribution in [0.3, 0.4) is 0 Å². The summed E-state index contributed by atoms with van der Waals surface area (Å²) in [5, 5.41) is 1.43. The number of carbonyl (C=O) groups is 2. The normalized spacial score (nSPS) is 12.1. The van der Waals surface area contributed by atoms with Crippen LogP contribution in [-0.2, 0) is 38.7 Å². The van der Waals surface area contributed by atoms with E-state index in [0.29, 0.717) is 10.8 Å². The molecule has 2 aromatic rings. The number of hydrogen-bond acceptors (Lipinski definition) is 8. The minimum Gasteiger partial charge on any atom is -0.459 e. The molecule has 0 saturated heterocycles. The third-order valence-electron chi connectivity index (χ3n) is 3.48. The molecule has 0 aliphatic rings. The van der Waals surface area contributed by atoms with Crippen LogP contribution in [0.5, 0.6) is 0 Å². The molecule has 2 aromatic carbocycles. The first-order valence-electron chi connectivity index (χ1n) is 8.51. The molecule has 0 spiro atoms. The molecule has 0 N–H and O–H groups in total. The molecule has 0 aromatic heterocycles. The summed E-state index contributed by atoms with van der Waals surface area (Å²) < 4.78 is 57.4. The van der Waals surface area contributed by atoms with E-state index in [1.807, 2.05) is 0 Å². The average Bonchev–Trinajstić information content (AvgIpc) is 2.75. The topological polar surface area (TPSA) is 121 Å². The van der Waals surface area contributed by atoms with Crippen LogP contribution < -0.4 is 0 Å². The third-order valence-corrected chi connectivity index (χ3v) is 6.33. The van der Waals surface area contributed by atoms with Crippen molar-refractivity contribution in [3.05, 3.63) is 83.6 Å². The molecule has 0 aliphatic carbocycles. The number of sulfone groups is 2. The maximum absolute atomic E-state index is 12.0. The second kappa shape index (κ2) is 10.5. The van der Waals surface area contributed by atoms with Crippen LogP contribution in [0.1, 0.15) is 0 Å². The fourth-order valence-electron chi connectivity index (χ4n) is 2.05. The zero-order valence-electron chi connectivity index (χ0n) is 15.6. The molecule has 0 heterocycles. The molecule has 0 amide bonds. The van der Waals surface area contributed by atoms with Crippen molar-refractivity contribution < 1.29 is 35.9 Å². The van der Waals surface area contributed by atoms with Gasteiger partial charge in [-0.1, -0.05) is 36.4 Å². The van der Waals surface area contributed by atoms with Crippen LogP contribution >= 0.6 is 0 Å². The maximum atomic E-state index is 12.0. The van der Waals surface area contributed by atoms with Crippen molar-refractivity contribution >= 4 is 31.6 Å². The largest absolute Gasteiger partial charge is 0.459 e. The number of ether oxygens (including phenoxy) is 2. The molecule has 0 aliphatic heterocycles. The molecular weight excluding hydrogens is 432 g/mol. The van der Waals surface area contributed by atoms with Gasteiger partial charge >= 0.3 is 11.9 Å². The lowest BCUT2D eigenvalue weighted by molar-refractivity contribution is -0.146. The van der Waals surface area contributed by atoms with Crippen molar-refractivity contribution in [3.63, 3.8) is 0 Å². The van der Waals surface area contributed by atoms with Crippen LogP contribution in [0.2, 0.25) is 0 Å². The van der Waals surface area contributed by atoms with Crippen molar-refractivity contribution in [1.29, 1.82) is 0 Å². The van der Waals surface area contributed by atoms with Gasteiger partial charge in [-0.05, 0) is 24.3 Å². The Bertz CT molecular complexity index is 1040. The summed E-state index contributed by atoms with van der Waals surface area (Å²) in [4.78, 5) is 23.2. The van der Waals surface area contributed by atoms with Crippen molar-refractivity contribution in [2.24, 2.45) is 0 Å². The van der Waals surface area contributed by atoms with Crippen LogP contribution in [0.15, 0.2) is 93.4 Å². The van der Waals surface area contributed by atoms with E-state index in [1.54, 1.807) is 36.4 Å². The lowest BCUT2D eigenvalue weighted by Gasteiger charge is -2.03. The molecule has 158 valence electrons. The molecule has 0 saturated carbocycles. The van der Waals surface area contributed by atoms with Gasteiger partial charge in [0, 0.05) is 23.0 Å². The first kappa shape index (κ1) is 23.0. The Kier molecular flexibility index (Phi) is 8.07. The molecule has 30 heavy (non-hydrogen) atoms. The van der Waals surface area contributed by atoms with Crippen LogP contribution in [0, 0.1) is 0 Å². The van der Waals surface area contributed by atoms with Crippen molar-refractivity contribution in [1.82, 2.24) is 0 Å². The number of benzene rings is 2. The van der Waals surface area contributed by atoms with Gasteiger partial charge < -0.3 is 9.47 Å². The minimum atomic E-state index is -3.78. The number of carbonyl (C=O) groups excluding carboxylic acids is 2. The van der Waals surface area contributed by atoms with Crippen molar-refractivity contribution in [2.45, 2.75) is 9.79 Å². The Morgan fingerprint density at radius 1 is 0.633 bits per heavy atom. The number of rotatable bonds is 9. The smallest absolute Gasteiger partial charge is 0.331 e. The molecule has 0 fully saturated rings. The second-order valence-corrected chi connectivity index (χ2v) is 9.32. The van der Waals surface area contributed by atoms with Gasteiger partial charge in [0.2, 0.25) is 0 Å². The highest BCUT2D eigenvalue weighted by molar-refractivity contribution is 7.94. The van der Waals surface area contributed by atoms with Crippen LogP contribution in [0.4, 0.5) is 0 Å². The number of hydrogen-bond donors (Lipinski definition) is 0. The van der Waals surface area contributed by atoms with E-state index < -0.39 is 31.6 Å². The van der Waals surface area contributed by atoms with E-state index in [-0.39, 0.29) is 23.0 Å². The molecule has 0 atom stereocenters. The Balaban J connectivity index is 1.76. The Morgan fingerprint density at radius 3 is 1.30 bits per heavy atom. The maximum Gasteiger partial charge on any atom is 0.331 e. The van der Waals surface area contributed by atoms with E-state index in [9.17, 15) is 26.4 Å². The molecule has 0 bridgehead atoms. The van der Waals surface area contributed by atoms with Gasteiger partial charge in [0.1, 0.15) is 13.2 Å². The van der Waals surface area contributed by atoms with E-state index in [2.05, 4.69) is 0 Å². The van der Waals surface area contributed by atoms with Gasteiger partial charge in [-0.15, -0.1) is 0 Å². The summed E-state index contributed by atoms with van der Waals surface area (Å²) in [6.07, 6.45) is 1.49. The van der Waals surface area contributed by atoms with Crippen LogP contribution in [-0.4, -0.2) is 42.0 Å². The van der Waals surface area contributed by atoms with Gasteiger partial charge in [0.25, 0.3) is 0 Å². The fourth-order valence-corrected chi connectivity index (χ4v) is 4.02. The third kappa shape index (κ3) is 7.30. The minimum absolute atomic E-state index is 0.0280. The highest BCUT2D eigenvalue weighted by Crippen LogP contribution is 2.12. The highest BCUT2D eigenvalue weighted by atomic mass is 32.2. The molecule has 0 unspecified atom stereocenters. The lowest BCUT2D eigenvalue weighted by atomic mass is 10.4. The average molecular weight is 450 g/mol. The zero-order valence-corrected chi connectivity index (χ0v) is 17.2. The number of esters is 2. The molecule has 0 radical (unpaired) electrons. The quantitative estimate of drug-likeness (QED) is 0.323. The van der Waals surface area contributed by atoms with Gasteiger partial charge in [-0.3, -0.25) is 0 Å². The first-order valence-corrected chi connectivity index (χ1v) is 11.6. The summed E-state index contributed by atoms with van der Waals surface area (Å²) in [7, 11) is -7.55. The predicted octanol–water partition coefficient (Wildman–Crippen LogP) is 2.05. The molecule has 10 heteroatoms. The SMILES string of the molecule is O=C(/C=C/S(=O)(=O)c1ccccc1)OCCOC(=O)/C=C/S(=O)(=O)c1ccccc1. The first-order chi connectivity index (χ1) is 14.2. The Morgan fingerprint density at radius 2 is 0.967 bits per heavy atom. The van der Waals surface area contributed by atoms with E-state index >= 15 is 0 Å². The lowest BCUT2D eigenvalue weighted by Crippen LogP contribution is -2.12. The fraction of sp³-hybridized carbons (Fsp3) is 0.100. The van der Waals surface area contributed by atoms with E-state index in [1.165, 1.54) is 24.3 Å². The van der Waals surface area contributed by atoms with Crippen molar-refractivity contribution in [2.75, 3.05) is 13.2 Å². The monoisotopic (exact) mass is 450 g/mol. The standard InChI is InChI=1S/C20H18O8S2/c21-19(11-15-29(23,24)17-7-3-1-4-8-17)27-13-14-28-20(22)12-16-30(25,26)18-9-5-2-6-10-18/h1-12,15-16H,13-14H2/b15-11+,16-12+. The summed E-state index contributed by atoms with van der Waals surface area (Å²) in [6, 6.07) is 15.0. The van der Waals surface area contributed by atoms with E-state index in [0.717, 1.165) is 12.2 Å². The van der Waals surface area contributed by atoms with Gasteiger partial charge in [0.05, 0.1) is 9.79 Å². The molecule has 2 rings (SSSR count). The Hall–Kier alpha value is -3.24. The van der Waals surface area contributed by atoms with E-state index in [4.69, 9.17) is 9.47 Å². The van der Waals surface area contributed by atoms with Gasteiger partial charge in [-0.2, -0.15) is 0 Å². The highest BCUT2D eigenvalue weighted by Gasteiger charge is 2.11. The second-order valence-electron chi connectivity index (χ2n) is 5.66. The Labute approximate surface area is 174 Å². The van der Waals surface area contributed by atoms with Gasteiger partial charge in [0.15, 0.2) is 19.7 Å². The molecule has 8 nitrogen and oxygen atoms in total. The predicted molar refractivity (Wildman–Crippen MR) is 107 cm³/mol. The van der Waals surface area contributed by atoms with Crippen molar-refractivity contribution in [3.8, 4) is 0 Å². The van der Waals surface area contributed by atoms with Crippen LogP contribution in [0.25, 0.3) is 0 Å². The zero-order chi connectivity index (χ0) is 22.0.